The molecule has 6 nitrogen and oxygen atoms in total. The lowest BCUT2D eigenvalue weighted by molar-refractivity contribution is -0.140. The first kappa shape index (κ1) is 25.3. The van der Waals surface area contributed by atoms with E-state index in [0.29, 0.717) is 28.0 Å². The van der Waals surface area contributed by atoms with Gasteiger partial charge in [0.25, 0.3) is 11.7 Å². The van der Waals surface area contributed by atoms with Crippen molar-refractivity contribution in [3.05, 3.63) is 99.6 Å². The Morgan fingerprint density at radius 2 is 1.64 bits per heavy atom. The van der Waals surface area contributed by atoms with Crippen LogP contribution in [0.4, 0.5) is 0 Å². The lowest BCUT2D eigenvalue weighted by Crippen LogP contribution is -2.29. The summed E-state index contributed by atoms with van der Waals surface area (Å²) in [7, 11) is 3.02. The molecule has 1 aliphatic heterocycles. The number of ether oxygens (including phenoxy) is 2. The lowest BCUT2D eigenvalue weighted by Gasteiger charge is -2.26. The first-order valence-electron chi connectivity index (χ1n) is 11.6. The number of ketones is 1. The van der Waals surface area contributed by atoms with Gasteiger partial charge < -0.3 is 19.5 Å². The number of rotatable bonds is 7. The van der Waals surface area contributed by atoms with E-state index >= 15 is 0 Å². The predicted molar refractivity (Wildman–Crippen MR) is 139 cm³/mol. The summed E-state index contributed by atoms with van der Waals surface area (Å²) in [6.45, 7) is 4.32. The van der Waals surface area contributed by atoms with E-state index in [1.807, 2.05) is 42.5 Å². The van der Waals surface area contributed by atoms with E-state index in [1.165, 1.54) is 12.0 Å². The maximum absolute atomic E-state index is 13.4. The normalized spacial score (nSPS) is 17.1. The minimum Gasteiger partial charge on any atom is -0.507 e. The van der Waals surface area contributed by atoms with Gasteiger partial charge in [-0.05, 0) is 41.3 Å². The molecule has 1 heterocycles. The van der Waals surface area contributed by atoms with Gasteiger partial charge in [-0.2, -0.15) is 0 Å². The maximum atomic E-state index is 13.4. The van der Waals surface area contributed by atoms with Gasteiger partial charge in [0.05, 0.1) is 37.4 Å². The number of amides is 1. The number of likely N-dealkylation sites (tertiary alicyclic amines) is 1. The second-order valence-corrected chi connectivity index (χ2v) is 9.32. The van der Waals surface area contributed by atoms with Crippen LogP contribution in [-0.4, -0.2) is 35.9 Å². The molecule has 1 saturated heterocycles. The molecule has 4 rings (SSSR count). The zero-order chi connectivity index (χ0) is 26.0. The number of aliphatic hydroxyl groups is 1. The van der Waals surface area contributed by atoms with Gasteiger partial charge in [-0.25, -0.2) is 0 Å². The Morgan fingerprint density at radius 3 is 2.28 bits per heavy atom. The molecule has 7 heteroatoms. The van der Waals surface area contributed by atoms with E-state index in [4.69, 9.17) is 21.1 Å². The van der Waals surface area contributed by atoms with Gasteiger partial charge in [0, 0.05) is 11.1 Å². The van der Waals surface area contributed by atoms with Crippen molar-refractivity contribution in [3.63, 3.8) is 0 Å². The Balaban J connectivity index is 1.88. The Bertz CT molecular complexity index is 1330. The molecule has 0 aromatic heterocycles. The fourth-order valence-electron chi connectivity index (χ4n) is 4.43. The number of methoxy groups -OCH3 is 2. The first-order valence-corrected chi connectivity index (χ1v) is 12.0. The van der Waals surface area contributed by atoms with E-state index in [1.54, 1.807) is 31.4 Å². The molecule has 0 saturated carbocycles. The number of nitrogens with zero attached hydrogens (tertiary/aromatic N) is 1. The van der Waals surface area contributed by atoms with Crippen molar-refractivity contribution in [2.45, 2.75) is 32.4 Å². The topological polar surface area (TPSA) is 76.1 Å². The smallest absolute Gasteiger partial charge is 0.295 e. The number of carbonyl (C=O) groups is 2. The highest BCUT2D eigenvalue weighted by Crippen LogP contribution is 2.42. The summed E-state index contributed by atoms with van der Waals surface area (Å²) in [6, 6.07) is 19.0. The molecule has 0 aliphatic carbocycles. The Morgan fingerprint density at radius 1 is 0.972 bits per heavy atom. The van der Waals surface area contributed by atoms with Crippen molar-refractivity contribution in [1.29, 1.82) is 0 Å². The van der Waals surface area contributed by atoms with Crippen LogP contribution in [0.2, 0.25) is 5.02 Å². The number of carbonyl (C=O) groups excluding carboxylic acids is 2. The summed E-state index contributed by atoms with van der Waals surface area (Å²) in [5.74, 6) is -0.461. The largest absolute Gasteiger partial charge is 0.507 e. The molecule has 1 atom stereocenters. The molecule has 0 spiro atoms. The van der Waals surface area contributed by atoms with E-state index < -0.39 is 17.7 Å². The highest BCUT2D eigenvalue weighted by molar-refractivity contribution is 6.46. The fraction of sp³-hybridized carbons (Fsp3) is 0.241. The summed E-state index contributed by atoms with van der Waals surface area (Å²) in [4.78, 5) is 28.2. The minimum absolute atomic E-state index is 0.0107. The van der Waals surface area contributed by atoms with Crippen LogP contribution in [0.25, 0.3) is 5.76 Å². The second-order valence-electron chi connectivity index (χ2n) is 8.91. The van der Waals surface area contributed by atoms with Crippen molar-refractivity contribution in [3.8, 4) is 11.5 Å². The van der Waals surface area contributed by atoms with Gasteiger partial charge in [-0.3, -0.25) is 9.59 Å². The SMILES string of the molecule is COc1cc(/C(O)=C2/C(=O)C(=O)N(Cc3ccccc3OC)C2c2ccc(C(C)C)cc2)ccc1Cl. The number of Topliss-reactive ketones (excluding diaryl/α,β-unsaturated/α-hetero) is 1. The maximum Gasteiger partial charge on any atom is 0.295 e. The number of halogens is 1. The number of hydrogen-bond donors (Lipinski definition) is 1. The molecule has 3 aromatic rings. The van der Waals surface area contributed by atoms with Crippen LogP contribution in [0.15, 0.2) is 72.3 Å². The lowest BCUT2D eigenvalue weighted by atomic mass is 9.93. The first-order chi connectivity index (χ1) is 17.3. The van der Waals surface area contributed by atoms with Crippen LogP contribution in [0.5, 0.6) is 11.5 Å². The zero-order valence-corrected chi connectivity index (χ0v) is 21.4. The van der Waals surface area contributed by atoms with E-state index in [9.17, 15) is 14.7 Å². The molecule has 3 aromatic carbocycles. The number of hydrogen-bond acceptors (Lipinski definition) is 5. The molecule has 1 N–H and O–H groups in total. The van der Waals surface area contributed by atoms with Gasteiger partial charge in [-0.1, -0.05) is 67.9 Å². The van der Waals surface area contributed by atoms with Gasteiger partial charge in [0.15, 0.2) is 0 Å². The molecular formula is C29H28ClNO5. The zero-order valence-electron chi connectivity index (χ0n) is 20.6. The summed E-state index contributed by atoms with van der Waals surface area (Å²) in [6.07, 6.45) is 0. The summed E-state index contributed by atoms with van der Waals surface area (Å²) < 4.78 is 10.7. The monoisotopic (exact) mass is 505 g/mol. The molecule has 0 radical (unpaired) electrons. The van der Waals surface area contributed by atoms with Crippen LogP contribution in [0.3, 0.4) is 0 Å². The number of aliphatic hydroxyl groups excluding tert-OH is 1. The molecular weight excluding hydrogens is 478 g/mol. The van der Waals surface area contributed by atoms with Gasteiger partial charge in [-0.15, -0.1) is 0 Å². The third-order valence-corrected chi connectivity index (χ3v) is 6.73. The van der Waals surface area contributed by atoms with E-state index in [2.05, 4.69) is 13.8 Å². The summed E-state index contributed by atoms with van der Waals surface area (Å²) >= 11 is 6.16. The van der Waals surface area contributed by atoms with Crippen LogP contribution in [0, 0.1) is 0 Å². The quantitative estimate of drug-likeness (QED) is 0.238. The van der Waals surface area contributed by atoms with Crippen LogP contribution < -0.4 is 9.47 Å². The Hall–Kier alpha value is -3.77. The van der Waals surface area contributed by atoms with Gasteiger partial charge in [0.2, 0.25) is 0 Å². The molecule has 186 valence electrons. The average molecular weight is 506 g/mol. The molecule has 1 amide bonds. The third-order valence-electron chi connectivity index (χ3n) is 6.42. The summed E-state index contributed by atoms with van der Waals surface area (Å²) in [5.41, 5.74) is 2.93. The molecule has 1 unspecified atom stereocenters. The van der Waals surface area contributed by atoms with Crippen molar-refractivity contribution in [1.82, 2.24) is 4.90 Å². The van der Waals surface area contributed by atoms with Gasteiger partial charge in [0.1, 0.15) is 17.3 Å². The van der Waals surface area contributed by atoms with Crippen molar-refractivity contribution in [2.75, 3.05) is 14.2 Å². The summed E-state index contributed by atoms with van der Waals surface area (Å²) in [5, 5.41) is 11.7. The van der Waals surface area contributed by atoms with Crippen LogP contribution in [0.1, 0.15) is 48.1 Å². The standard InChI is InChI=1S/C29H28ClNO5/c1-17(2)18-9-11-19(12-10-18)26-25(27(32)20-13-14-22(30)24(15-20)36-4)28(33)29(34)31(26)16-21-7-5-6-8-23(21)35-3/h5-15,17,26,32H,16H2,1-4H3/b27-25-. The van der Waals surface area contributed by atoms with Crippen LogP contribution >= 0.6 is 11.6 Å². The predicted octanol–water partition coefficient (Wildman–Crippen LogP) is 6.10. The average Bonchev–Trinajstić information content (AvgIpc) is 3.13. The molecule has 36 heavy (non-hydrogen) atoms. The minimum atomic E-state index is -0.794. The molecule has 1 aliphatic rings. The van der Waals surface area contributed by atoms with Crippen LogP contribution in [-0.2, 0) is 16.1 Å². The highest BCUT2D eigenvalue weighted by atomic mass is 35.5. The second kappa shape index (κ2) is 10.5. The highest BCUT2D eigenvalue weighted by Gasteiger charge is 2.46. The fourth-order valence-corrected chi connectivity index (χ4v) is 4.63. The van der Waals surface area contributed by atoms with E-state index in [0.717, 1.165) is 16.7 Å². The number of benzene rings is 3. The molecule has 0 bridgehead atoms. The van der Waals surface area contributed by atoms with Crippen molar-refractivity contribution in [2.24, 2.45) is 0 Å². The van der Waals surface area contributed by atoms with Crippen molar-refractivity contribution >= 4 is 29.1 Å². The Kier molecular flexibility index (Phi) is 7.36. The Labute approximate surface area is 215 Å². The third kappa shape index (κ3) is 4.69. The number of para-hydroxylation sites is 1. The van der Waals surface area contributed by atoms with Gasteiger partial charge >= 0.3 is 0 Å². The van der Waals surface area contributed by atoms with Crippen molar-refractivity contribution < 1.29 is 24.2 Å². The van der Waals surface area contributed by atoms with E-state index in [-0.39, 0.29) is 17.9 Å². The molecule has 1 fully saturated rings.